The Labute approximate surface area is 183 Å². The van der Waals surface area contributed by atoms with E-state index in [4.69, 9.17) is 0 Å². The summed E-state index contributed by atoms with van der Waals surface area (Å²) in [7, 11) is 1.76. The van der Waals surface area contributed by atoms with Gasteiger partial charge in [0, 0.05) is 31.5 Å². The zero-order valence-corrected chi connectivity index (χ0v) is 17.4. The van der Waals surface area contributed by atoms with Crippen LogP contribution >= 0.6 is 0 Å². The molecule has 1 aliphatic carbocycles. The Balaban J connectivity index is 1.51. The molecule has 162 valence electrons. The van der Waals surface area contributed by atoms with Gasteiger partial charge in [-0.3, -0.25) is 14.2 Å². The van der Waals surface area contributed by atoms with E-state index in [-0.39, 0.29) is 17.5 Å². The quantitative estimate of drug-likeness (QED) is 0.430. The maximum Gasteiger partial charge on any atom is 0.279 e. The highest BCUT2D eigenvalue weighted by atomic mass is 16.2. The lowest BCUT2D eigenvalue weighted by atomic mass is 9.93. The fourth-order valence-corrected chi connectivity index (χ4v) is 3.58. The molecule has 0 aliphatic heterocycles. The first-order valence-corrected chi connectivity index (χ1v) is 10.4. The number of fused-ring (bicyclic) bond motifs is 1. The number of pyridine rings is 2. The van der Waals surface area contributed by atoms with Crippen molar-refractivity contribution in [3.05, 3.63) is 71.0 Å². The van der Waals surface area contributed by atoms with Crippen LogP contribution in [0.5, 0.6) is 0 Å². The van der Waals surface area contributed by atoms with Crippen LogP contribution in [-0.2, 0) is 0 Å². The van der Waals surface area contributed by atoms with Gasteiger partial charge in [0.25, 0.3) is 11.5 Å². The Hall–Kier alpha value is -4.21. The molecule has 0 unspecified atom stereocenters. The summed E-state index contributed by atoms with van der Waals surface area (Å²) in [5.74, 6) is 0.699. The first-order valence-electron chi connectivity index (χ1n) is 10.4. The van der Waals surface area contributed by atoms with Crippen molar-refractivity contribution in [3.8, 4) is 5.82 Å². The summed E-state index contributed by atoms with van der Waals surface area (Å²) >= 11 is 0. The minimum absolute atomic E-state index is 0.201. The second kappa shape index (κ2) is 8.14. The van der Waals surface area contributed by atoms with Crippen LogP contribution in [0.2, 0.25) is 0 Å². The van der Waals surface area contributed by atoms with E-state index in [9.17, 15) is 9.59 Å². The van der Waals surface area contributed by atoms with E-state index in [1.165, 1.54) is 15.3 Å². The second-order valence-electron chi connectivity index (χ2n) is 7.58. The summed E-state index contributed by atoms with van der Waals surface area (Å²) in [5, 5.41) is 13.7. The van der Waals surface area contributed by atoms with E-state index < -0.39 is 0 Å². The maximum absolute atomic E-state index is 13.0. The van der Waals surface area contributed by atoms with Crippen LogP contribution in [0, 0.1) is 0 Å². The molecule has 0 saturated heterocycles. The summed E-state index contributed by atoms with van der Waals surface area (Å²) in [6.07, 6.45) is 7.90. The fourth-order valence-electron chi connectivity index (χ4n) is 3.58. The zero-order chi connectivity index (χ0) is 22.1. The smallest absolute Gasteiger partial charge is 0.279 e. The molecule has 1 fully saturated rings. The van der Waals surface area contributed by atoms with Crippen LogP contribution in [0.4, 0.5) is 17.2 Å². The Morgan fingerprint density at radius 2 is 2.00 bits per heavy atom. The number of amides is 1. The molecule has 10 heteroatoms. The first-order chi connectivity index (χ1) is 15.6. The Morgan fingerprint density at radius 3 is 2.72 bits per heavy atom. The molecule has 1 saturated carbocycles. The SMILES string of the molecule is CNc1cc(Nc2cccn(-c3ccccn3)c2=O)nn2c(C(=O)NC3CCC3)cnc12. The minimum atomic E-state index is -0.271. The number of imidazole rings is 1. The van der Waals surface area contributed by atoms with Gasteiger partial charge in [0.2, 0.25) is 0 Å². The van der Waals surface area contributed by atoms with Crippen molar-refractivity contribution in [3.63, 3.8) is 0 Å². The van der Waals surface area contributed by atoms with Crippen molar-refractivity contribution in [1.82, 2.24) is 29.5 Å². The molecule has 0 aromatic carbocycles. The number of rotatable bonds is 6. The molecular weight excluding hydrogens is 408 g/mol. The van der Waals surface area contributed by atoms with Crippen molar-refractivity contribution in [2.24, 2.45) is 0 Å². The number of nitrogens with one attached hydrogen (secondary N) is 3. The van der Waals surface area contributed by atoms with Crippen LogP contribution in [0.3, 0.4) is 0 Å². The molecule has 0 radical (unpaired) electrons. The van der Waals surface area contributed by atoms with Gasteiger partial charge in [-0.15, -0.1) is 5.10 Å². The molecule has 4 heterocycles. The van der Waals surface area contributed by atoms with Gasteiger partial charge in [-0.2, -0.15) is 0 Å². The third kappa shape index (κ3) is 3.55. The Kier molecular flexibility index (Phi) is 5.02. The largest absolute Gasteiger partial charge is 0.385 e. The number of nitrogens with zero attached hydrogens (tertiary/aromatic N) is 5. The molecule has 10 nitrogen and oxygen atoms in total. The normalized spacial score (nSPS) is 13.5. The predicted octanol–water partition coefficient (Wildman–Crippen LogP) is 2.34. The molecule has 5 rings (SSSR count). The summed E-state index contributed by atoms with van der Waals surface area (Å²) in [5.41, 5.74) is 1.59. The lowest BCUT2D eigenvalue weighted by Crippen LogP contribution is -2.40. The number of carbonyl (C=O) groups excluding carboxylic acids is 1. The van der Waals surface area contributed by atoms with Crippen molar-refractivity contribution in [1.29, 1.82) is 0 Å². The van der Waals surface area contributed by atoms with Crippen LogP contribution in [-0.4, -0.2) is 43.1 Å². The topological polar surface area (TPSA) is 118 Å². The van der Waals surface area contributed by atoms with E-state index in [0.717, 1.165) is 19.3 Å². The van der Waals surface area contributed by atoms with E-state index in [2.05, 4.69) is 31.0 Å². The van der Waals surface area contributed by atoms with Gasteiger partial charge in [0.15, 0.2) is 17.2 Å². The molecule has 0 bridgehead atoms. The average Bonchev–Trinajstić information content (AvgIpc) is 3.22. The molecule has 0 atom stereocenters. The van der Waals surface area contributed by atoms with Gasteiger partial charge in [0.1, 0.15) is 11.5 Å². The molecule has 1 amide bonds. The van der Waals surface area contributed by atoms with Gasteiger partial charge in [-0.05, 0) is 43.5 Å². The van der Waals surface area contributed by atoms with E-state index in [1.54, 1.807) is 49.8 Å². The van der Waals surface area contributed by atoms with Crippen molar-refractivity contribution in [2.75, 3.05) is 17.7 Å². The number of aromatic nitrogens is 5. The lowest BCUT2D eigenvalue weighted by Gasteiger charge is -2.26. The lowest BCUT2D eigenvalue weighted by molar-refractivity contribution is 0.0910. The van der Waals surface area contributed by atoms with Gasteiger partial charge >= 0.3 is 0 Å². The van der Waals surface area contributed by atoms with Crippen molar-refractivity contribution in [2.45, 2.75) is 25.3 Å². The summed E-state index contributed by atoms with van der Waals surface area (Å²) in [4.78, 5) is 34.3. The molecule has 1 aliphatic rings. The Bertz CT molecular complexity index is 1340. The highest BCUT2D eigenvalue weighted by Crippen LogP contribution is 2.23. The molecule has 32 heavy (non-hydrogen) atoms. The Morgan fingerprint density at radius 1 is 1.12 bits per heavy atom. The van der Waals surface area contributed by atoms with Crippen LogP contribution in [0.25, 0.3) is 11.5 Å². The van der Waals surface area contributed by atoms with Crippen LogP contribution in [0.1, 0.15) is 29.8 Å². The van der Waals surface area contributed by atoms with Gasteiger partial charge in [-0.1, -0.05) is 6.07 Å². The van der Waals surface area contributed by atoms with Gasteiger partial charge in [-0.25, -0.2) is 14.5 Å². The molecular formula is C22H22N8O2. The molecule has 4 aromatic heterocycles. The van der Waals surface area contributed by atoms with Gasteiger partial charge in [0.05, 0.1) is 11.9 Å². The number of hydrogen-bond acceptors (Lipinski definition) is 7. The molecule has 3 N–H and O–H groups in total. The zero-order valence-electron chi connectivity index (χ0n) is 17.4. The highest BCUT2D eigenvalue weighted by Gasteiger charge is 2.23. The maximum atomic E-state index is 13.0. The number of carbonyl (C=O) groups is 1. The minimum Gasteiger partial charge on any atom is -0.385 e. The first kappa shape index (κ1) is 19.7. The standard InChI is InChI=1S/C22H22N8O2/c1-23-16-12-18(27-15-8-5-11-29(22(15)32)19-9-2-3-10-24-19)28-30-17(13-25-20(16)30)21(31)26-14-6-4-7-14/h2-3,5,8-14,23H,4,6-7H2,1H3,(H,26,31)(H,27,28). The van der Waals surface area contributed by atoms with Crippen LogP contribution < -0.4 is 21.5 Å². The highest BCUT2D eigenvalue weighted by molar-refractivity contribution is 5.94. The summed E-state index contributed by atoms with van der Waals surface area (Å²) in [6, 6.07) is 10.7. The third-order valence-corrected chi connectivity index (χ3v) is 5.52. The second-order valence-corrected chi connectivity index (χ2v) is 7.58. The third-order valence-electron chi connectivity index (χ3n) is 5.52. The number of hydrogen-bond donors (Lipinski definition) is 3. The van der Waals surface area contributed by atoms with Gasteiger partial charge < -0.3 is 16.0 Å². The molecule has 4 aromatic rings. The van der Waals surface area contributed by atoms with Crippen molar-refractivity contribution < 1.29 is 4.79 Å². The number of anilines is 3. The van der Waals surface area contributed by atoms with E-state index >= 15 is 0 Å². The van der Waals surface area contributed by atoms with Crippen molar-refractivity contribution >= 4 is 28.7 Å². The predicted molar refractivity (Wildman–Crippen MR) is 121 cm³/mol. The fraction of sp³-hybridized carbons (Fsp3) is 0.227. The van der Waals surface area contributed by atoms with Crippen LogP contribution in [0.15, 0.2) is 59.8 Å². The summed E-state index contributed by atoms with van der Waals surface area (Å²) in [6.45, 7) is 0. The summed E-state index contributed by atoms with van der Waals surface area (Å²) < 4.78 is 2.94. The van der Waals surface area contributed by atoms with E-state index in [1.807, 2.05) is 6.07 Å². The monoisotopic (exact) mass is 430 g/mol. The average molecular weight is 430 g/mol. The molecule has 0 spiro atoms. The van der Waals surface area contributed by atoms with E-state index in [0.29, 0.717) is 34.4 Å².